The van der Waals surface area contributed by atoms with Gasteiger partial charge >= 0.3 is 0 Å². The van der Waals surface area contributed by atoms with Crippen molar-refractivity contribution in [2.75, 3.05) is 0 Å². The Bertz CT molecular complexity index is 9240. The Labute approximate surface area is 783 Å². The first-order valence-electron chi connectivity index (χ1n) is 33.2. The molecule has 0 heteroatoms. The first-order valence-corrected chi connectivity index (χ1v) is 33.2. The second-order valence-electron chi connectivity index (χ2n) is 16.5. The maximum absolute atomic E-state index is 6.59. The molecule has 0 saturated heterocycles. The van der Waals surface area contributed by atoms with Crippen molar-refractivity contribution in [2.45, 2.75) is 6.92 Å². The molecule has 133 heavy (non-hydrogen) atoms. The molecule has 0 saturated carbocycles. The standard InChI is InChI=1S/C133H3/c1-3-5-7-9-11-13-15-17-19-21-23-25-27-29-31-33-35-37-39-41-43-45-47-49-51-53-55-57-59-61-63-65-67-69-71-73-75-77-79-81-83-85-87-89-91-93-95-97-99-101-103-105-107-109-111-113-115-117-119-121-123-125-127-129-131-133-132-130-128-126-124-122-120-118-116-114-112-110-108-106-104-102-100-98-96-94-92-90-88-86-84-82-80-78-76-74-72-70-68-66-64-62-60-58-56-54-52-50-48-46-44-42-40-38-36-34-32-30-28-26-24-22-20-18-16-14-12-10-8-6-4-2/h1H3/q-1. The average Bonchev–Trinajstić information content (AvgIpc) is 1.11. The minimum atomic E-state index is 1.68. The van der Waals surface area contributed by atoms with Gasteiger partial charge in [0.1, 0.15) is 0 Å². The van der Waals surface area contributed by atoms with E-state index in [-0.39, 0.29) is 0 Å². The van der Waals surface area contributed by atoms with Crippen molar-refractivity contribution < 1.29 is 0 Å². The normalized spacial score (nSPS) is 3.97. The maximum atomic E-state index is 6.59. The third-order valence-corrected chi connectivity index (χ3v) is 8.19. The molecule has 0 aromatic heterocycles. The molecule has 0 aromatic rings. The van der Waals surface area contributed by atoms with Crippen LogP contribution in [0.2, 0.25) is 0 Å². The first kappa shape index (κ1) is 104. The summed E-state index contributed by atoms with van der Waals surface area (Å²) in [5, 5.41) is 0. The van der Waals surface area contributed by atoms with E-state index < -0.39 is 0 Å². The zero-order chi connectivity index (χ0) is 94.6. The van der Waals surface area contributed by atoms with E-state index in [0.29, 0.717) is 0 Å². The van der Waals surface area contributed by atoms with E-state index in [1.165, 1.54) is 0 Å². The molecule has 0 radical (unpaired) electrons. The third-order valence-electron chi connectivity index (χ3n) is 8.19. The highest BCUT2D eigenvalue weighted by molar-refractivity contribution is 5.59. The molecule has 0 fully saturated rings. The lowest BCUT2D eigenvalue weighted by Gasteiger charge is -1.63. The molecule has 0 rings (SSSR count). The molecule has 0 aromatic carbocycles. The smallest absolute Gasteiger partial charge is 0 e. The van der Waals surface area contributed by atoms with Crippen LogP contribution in [0, 0.1) is 782 Å². The minimum absolute atomic E-state index is 1.68. The molecule has 536 valence electrons. The van der Waals surface area contributed by atoms with Gasteiger partial charge in [-0.2, -0.15) is 0 Å². The Morgan fingerprint density at radius 1 is 0.0602 bits per heavy atom. The van der Waals surface area contributed by atoms with E-state index in [1.807, 2.05) is 5.92 Å². The lowest BCUT2D eigenvalue weighted by molar-refractivity contribution is 1.92. The summed E-state index contributed by atoms with van der Waals surface area (Å²) in [6.07, 6.45) is 6.59. The molecule has 0 amide bonds. The van der Waals surface area contributed by atoms with Gasteiger partial charge in [-0.05, 0) is 102 Å². The summed E-state index contributed by atoms with van der Waals surface area (Å²) in [4.78, 5) is 0. The van der Waals surface area contributed by atoms with Gasteiger partial charge in [0.05, 0.1) is 0 Å². The summed E-state index contributed by atoms with van der Waals surface area (Å²) in [6, 6.07) is 0. The van der Waals surface area contributed by atoms with E-state index in [2.05, 4.69) is 770 Å². The van der Waals surface area contributed by atoms with E-state index >= 15 is 0 Å². The summed E-state index contributed by atoms with van der Waals surface area (Å²) in [5.74, 6) is 326. The maximum Gasteiger partial charge on any atom is 0 e. The number of hydrogen-bond acceptors (Lipinski definition) is 0. The van der Waals surface area contributed by atoms with Crippen LogP contribution in [-0.2, 0) is 0 Å². The van der Waals surface area contributed by atoms with Gasteiger partial charge in [-0.25, -0.2) is 5.92 Å². The molecule has 0 bridgehead atoms. The van der Waals surface area contributed by atoms with Gasteiger partial charge in [-0.15, -0.1) is 5.92 Å². The van der Waals surface area contributed by atoms with Crippen molar-refractivity contribution in [3.05, 3.63) is 6.42 Å². The predicted octanol–water partition coefficient (Wildman–Crippen LogP) is 0.817. The summed E-state index contributed by atoms with van der Waals surface area (Å²) >= 11 is 0. The summed E-state index contributed by atoms with van der Waals surface area (Å²) in [5.41, 5.74) is 0. The third kappa shape index (κ3) is 103. The zero-order valence-electron chi connectivity index (χ0n) is 67.0. The van der Waals surface area contributed by atoms with Crippen molar-refractivity contribution in [3.63, 3.8) is 0 Å². The van der Waals surface area contributed by atoms with Crippen molar-refractivity contribution in [1.29, 1.82) is 0 Å². The van der Waals surface area contributed by atoms with Crippen LogP contribution in [0.15, 0.2) is 0 Å². The largest absolute Gasteiger partial charge is 0.358 e. The van der Waals surface area contributed by atoms with Crippen LogP contribution >= 0.6 is 0 Å². The second-order valence-corrected chi connectivity index (χ2v) is 16.5. The highest BCUT2D eigenvalue weighted by Crippen LogP contribution is 1.71. The fourth-order valence-electron chi connectivity index (χ4n) is 4.06. The van der Waals surface area contributed by atoms with Crippen molar-refractivity contribution in [2.24, 2.45) is 0 Å². The molecule has 0 aliphatic heterocycles. The summed E-state index contributed by atoms with van der Waals surface area (Å²) in [7, 11) is 0. The van der Waals surface area contributed by atoms with Crippen LogP contribution in [0.25, 0.3) is 0 Å². The van der Waals surface area contributed by atoms with Gasteiger partial charge in [0, 0.05) is 657 Å². The molecule has 0 aliphatic rings. The fourth-order valence-corrected chi connectivity index (χ4v) is 4.06. The molecule has 0 spiro atoms. The lowest BCUT2D eigenvalue weighted by Crippen LogP contribution is -1.57. The molecule has 0 aliphatic carbocycles. The Balaban J connectivity index is 4.65. The van der Waals surface area contributed by atoms with Crippen LogP contribution < -0.4 is 0 Å². The van der Waals surface area contributed by atoms with Crippen LogP contribution in [-0.4, -0.2) is 0 Å². The highest BCUT2D eigenvalue weighted by Gasteiger charge is 1.70. The van der Waals surface area contributed by atoms with E-state index in [9.17, 15) is 0 Å². The van der Waals surface area contributed by atoms with E-state index in [4.69, 9.17) is 6.42 Å². The zero-order valence-corrected chi connectivity index (χ0v) is 67.0. The van der Waals surface area contributed by atoms with Crippen LogP contribution in [0.1, 0.15) is 6.92 Å². The Morgan fingerprint density at radius 3 is 0.135 bits per heavy atom. The lowest BCUT2D eigenvalue weighted by atomic mass is 10.4. The summed E-state index contributed by atoms with van der Waals surface area (Å²) in [6.45, 7) is 1.68. The van der Waals surface area contributed by atoms with Gasteiger partial charge in [-0.1, -0.05) is 5.92 Å². The molecule has 0 unspecified atom stereocenters. The van der Waals surface area contributed by atoms with Gasteiger partial charge in [0.25, 0.3) is 0 Å². The van der Waals surface area contributed by atoms with E-state index in [1.54, 1.807) is 6.92 Å². The Morgan fingerprint density at radius 2 is 0.0977 bits per heavy atom. The summed E-state index contributed by atoms with van der Waals surface area (Å²) < 4.78 is 0. The van der Waals surface area contributed by atoms with E-state index in [0.717, 1.165) is 0 Å². The molecule has 0 heterocycles. The fraction of sp³-hybridized carbons (Fsp3) is 0.00752. The highest BCUT2D eigenvalue weighted by atomic mass is 13.7. The number of rotatable bonds is 0. The van der Waals surface area contributed by atoms with Crippen molar-refractivity contribution in [3.8, 4) is 776 Å². The second kappa shape index (κ2) is 103. The minimum Gasteiger partial charge on any atom is -0.358 e. The molecule has 0 nitrogen and oxygen atoms in total. The molecular formula is C133H3-. The quantitative estimate of drug-likeness (QED) is 0.250. The molecular weight excluding hydrogens is 1600 g/mol. The van der Waals surface area contributed by atoms with Crippen LogP contribution in [0.4, 0.5) is 0 Å². The van der Waals surface area contributed by atoms with Gasteiger partial charge in [0.2, 0.25) is 0 Å². The monoisotopic (exact) mass is 1600 g/mol. The Hall–Kier alpha value is -29.0. The average molecular weight is 1600 g/mol. The Kier molecular flexibility index (Phi) is 80.5. The van der Waals surface area contributed by atoms with Crippen LogP contribution in [0.5, 0.6) is 0 Å². The van der Waals surface area contributed by atoms with Crippen molar-refractivity contribution in [1.82, 2.24) is 0 Å². The van der Waals surface area contributed by atoms with Gasteiger partial charge in [-0.3, -0.25) is 5.92 Å². The number of hydrogen-bond donors (Lipinski definition) is 0. The topological polar surface area (TPSA) is 0 Å². The molecule has 0 N–H and O–H groups in total. The van der Waals surface area contributed by atoms with Crippen molar-refractivity contribution >= 4 is 0 Å². The van der Waals surface area contributed by atoms with Crippen LogP contribution in [0.3, 0.4) is 0 Å². The molecule has 0 atom stereocenters. The van der Waals surface area contributed by atoms with Gasteiger partial charge < -0.3 is 6.42 Å². The first-order chi connectivity index (χ1) is 66.4. The van der Waals surface area contributed by atoms with Gasteiger partial charge in [0.15, 0.2) is 0 Å². The SMILES string of the molecule is [C-]#CC#CC#CC#CC#CC#CC#CC#CC#CC#CC#CC#CC#CC#CC#CC#CC#CC#CC#CC#CC#CC#CC#CC#CC#CC#CC#CC#CC#CC#CC#CC#CC#CC#CC#CC#CC#CC#CC#CC#CC#CC#CC#CC#CC#CC#CC#CC#CC#CC#CC#CC#CC#CC#CC#CC#CC#CC#CC#CC#CC#CC#CC#CC#CC#CC#CC. The predicted molar refractivity (Wildman–Crippen MR) is 518 cm³/mol.